The predicted molar refractivity (Wildman–Crippen MR) is 91.7 cm³/mol. The van der Waals surface area contributed by atoms with E-state index < -0.39 is 0 Å². The molecular weight excluding hydrogens is 314 g/mol. The van der Waals surface area contributed by atoms with Crippen LogP contribution in [-0.2, 0) is 0 Å². The quantitative estimate of drug-likeness (QED) is 0.887. The molecule has 1 atom stereocenters. The van der Waals surface area contributed by atoms with Gasteiger partial charge in [0.15, 0.2) is 0 Å². The highest BCUT2D eigenvalue weighted by molar-refractivity contribution is 6.33. The maximum atomic E-state index is 12.2. The summed E-state index contributed by atoms with van der Waals surface area (Å²) in [5.74, 6) is 0.104. The van der Waals surface area contributed by atoms with Crippen molar-refractivity contribution in [1.82, 2.24) is 15.5 Å². The molecule has 0 unspecified atom stereocenters. The first-order chi connectivity index (χ1) is 11.0. The van der Waals surface area contributed by atoms with Gasteiger partial charge in [0.2, 0.25) is 0 Å². The molecule has 1 aromatic rings. The fourth-order valence-corrected chi connectivity index (χ4v) is 2.95. The second kappa shape index (κ2) is 8.20. The number of hydrogen-bond donors (Lipinski definition) is 2. The lowest BCUT2D eigenvalue weighted by atomic mass is 9.98. The van der Waals surface area contributed by atoms with E-state index >= 15 is 0 Å². The van der Waals surface area contributed by atoms with Gasteiger partial charge in [0.25, 0.3) is 5.91 Å². The van der Waals surface area contributed by atoms with E-state index in [1.165, 1.54) is 0 Å². The lowest BCUT2D eigenvalue weighted by Crippen LogP contribution is -2.49. The average molecular weight is 338 g/mol. The Morgan fingerprint density at radius 1 is 1.35 bits per heavy atom. The monoisotopic (exact) mass is 337 g/mol. The van der Waals surface area contributed by atoms with Gasteiger partial charge in [0, 0.05) is 25.7 Å². The molecule has 1 heterocycles. The molecule has 1 saturated heterocycles. The second-order valence-electron chi connectivity index (χ2n) is 6.25. The van der Waals surface area contributed by atoms with E-state index in [9.17, 15) is 9.59 Å². The molecule has 2 N–H and O–H groups in total. The van der Waals surface area contributed by atoms with Gasteiger partial charge in [-0.05, 0) is 44.7 Å². The zero-order valence-electron chi connectivity index (χ0n) is 13.6. The molecule has 23 heavy (non-hydrogen) atoms. The van der Waals surface area contributed by atoms with Crippen LogP contribution in [0.4, 0.5) is 4.79 Å². The van der Waals surface area contributed by atoms with Gasteiger partial charge < -0.3 is 15.5 Å². The third kappa shape index (κ3) is 5.13. The molecule has 0 aromatic heterocycles. The Morgan fingerprint density at radius 3 is 2.78 bits per heavy atom. The van der Waals surface area contributed by atoms with E-state index in [0.717, 1.165) is 19.4 Å². The van der Waals surface area contributed by atoms with E-state index in [4.69, 9.17) is 11.6 Å². The molecule has 5 nitrogen and oxygen atoms in total. The molecule has 126 valence electrons. The number of benzene rings is 1. The molecule has 1 aliphatic heterocycles. The smallest absolute Gasteiger partial charge is 0.317 e. The summed E-state index contributed by atoms with van der Waals surface area (Å²) in [4.78, 5) is 26.1. The van der Waals surface area contributed by atoms with Crippen LogP contribution in [0.15, 0.2) is 24.3 Å². The van der Waals surface area contributed by atoms with Crippen LogP contribution in [0.25, 0.3) is 0 Å². The summed E-state index contributed by atoms with van der Waals surface area (Å²) in [6.45, 7) is 5.89. The summed E-state index contributed by atoms with van der Waals surface area (Å²) in [7, 11) is 0. The fraction of sp³-hybridized carbons (Fsp3) is 0.529. The van der Waals surface area contributed by atoms with Gasteiger partial charge in [0.05, 0.1) is 10.6 Å². The molecule has 0 radical (unpaired) electrons. The zero-order valence-corrected chi connectivity index (χ0v) is 14.4. The van der Waals surface area contributed by atoms with Crippen molar-refractivity contribution in [2.24, 2.45) is 5.92 Å². The highest BCUT2D eigenvalue weighted by atomic mass is 35.5. The molecule has 1 fully saturated rings. The number of rotatable bonds is 4. The molecule has 0 bridgehead atoms. The van der Waals surface area contributed by atoms with E-state index in [-0.39, 0.29) is 23.9 Å². The Bertz CT molecular complexity index is 563. The number of nitrogens with zero attached hydrogens (tertiary/aromatic N) is 1. The Balaban J connectivity index is 1.85. The van der Waals surface area contributed by atoms with Crippen LogP contribution >= 0.6 is 11.6 Å². The van der Waals surface area contributed by atoms with Crippen molar-refractivity contribution >= 4 is 23.5 Å². The molecule has 3 amide bonds. The molecule has 2 rings (SSSR count). The number of nitrogens with one attached hydrogen (secondary N) is 2. The van der Waals surface area contributed by atoms with Crippen molar-refractivity contribution < 1.29 is 9.59 Å². The summed E-state index contributed by atoms with van der Waals surface area (Å²) in [6.07, 6.45) is 1.96. The van der Waals surface area contributed by atoms with Crippen LogP contribution in [-0.4, -0.2) is 42.5 Å². The number of amides is 3. The number of halogens is 1. The molecule has 0 spiro atoms. The first kappa shape index (κ1) is 17.6. The normalized spacial score (nSPS) is 17.9. The maximum absolute atomic E-state index is 12.2. The van der Waals surface area contributed by atoms with Crippen molar-refractivity contribution in [2.75, 3.05) is 19.6 Å². The maximum Gasteiger partial charge on any atom is 0.317 e. The molecule has 1 aliphatic rings. The van der Waals surface area contributed by atoms with Crippen LogP contribution in [0.5, 0.6) is 0 Å². The Morgan fingerprint density at radius 2 is 2.09 bits per heavy atom. The van der Waals surface area contributed by atoms with Crippen LogP contribution in [0, 0.1) is 5.92 Å². The molecule has 6 heteroatoms. The first-order valence-corrected chi connectivity index (χ1v) is 8.43. The zero-order chi connectivity index (χ0) is 16.8. The summed E-state index contributed by atoms with van der Waals surface area (Å²) >= 11 is 6.03. The molecule has 1 aromatic carbocycles. The Labute approximate surface area is 142 Å². The van der Waals surface area contributed by atoms with Crippen LogP contribution in [0.2, 0.25) is 5.02 Å². The lowest BCUT2D eigenvalue weighted by molar-refractivity contribution is 0.0937. The Hall–Kier alpha value is -1.75. The van der Waals surface area contributed by atoms with E-state index in [0.29, 0.717) is 23.7 Å². The minimum absolute atomic E-state index is 0.0258. The van der Waals surface area contributed by atoms with Gasteiger partial charge in [-0.2, -0.15) is 0 Å². The van der Waals surface area contributed by atoms with Crippen LogP contribution in [0.3, 0.4) is 0 Å². The van der Waals surface area contributed by atoms with Gasteiger partial charge in [-0.3, -0.25) is 4.79 Å². The number of hydrogen-bond acceptors (Lipinski definition) is 2. The van der Waals surface area contributed by atoms with Gasteiger partial charge >= 0.3 is 6.03 Å². The first-order valence-electron chi connectivity index (χ1n) is 8.05. The van der Waals surface area contributed by atoms with Crippen LogP contribution < -0.4 is 10.6 Å². The van der Waals surface area contributed by atoms with Gasteiger partial charge in [-0.15, -0.1) is 0 Å². The SMILES string of the molecule is CC(C)NC(=O)N1CCC[C@@H](CNC(=O)c2ccccc2Cl)C1. The summed E-state index contributed by atoms with van der Waals surface area (Å²) < 4.78 is 0. The summed E-state index contributed by atoms with van der Waals surface area (Å²) in [5.41, 5.74) is 0.486. The van der Waals surface area contributed by atoms with E-state index in [1.807, 2.05) is 18.7 Å². The van der Waals surface area contributed by atoms with Crippen molar-refractivity contribution in [1.29, 1.82) is 0 Å². The minimum atomic E-state index is -0.167. The standard InChI is InChI=1S/C17H24ClN3O2/c1-12(2)20-17(23)21-9-5-6-13(11-21)10-19-16(22)14-7-3-4-8-15(14)18/h3-4,7-8,12-13H,5-6,9-11H2,1-2H3,(H,19,22)(H,20,23)/t13-/m0/s1. The van der Waals surface area contributed by atoms with Gasteiger partial charge in [-0.1, -0.05) is 23.7 Å². The van der Waals surface area contributed by atoms with Crippen molar-refractivity contribution in [3.63, 3.8) is 0 Å². The highest BCUT2D eigenvalue weighted by Crippen LogP contribution is 2.17. The number of carbonyl (C=O) groups excluding carboxylic acids is 2. The van der Waals surface area contributed by atoms with Gasteiger partial charge in [-0.25, -0.2) is 4.79 Å². The summed E-state index contributed by atoms with van der Waals surface area (Å²) in [6, 6.07) is 7.10. The minimum Gasteiger partial charge on any atom is -0.352 e. The predicted octanol–water partition coefficient (Wildman–Crippen LogP) is 2.90. The number of carbonyl (C=O) groups is 2. The third-order valence-corrected chi connectivity index (χ3v) is 4.22. The van der Waals surface area contributed by atoms with Crippen molar-refractivity contribution in [3.8, 4) is 0 Å². The Kier molecular flexibility index (Phi) is 6.28. The van der Waals surface area contributed by atoms with Crippen LogP contribution in [0.1, 0.15) is 37.0 Å². The highest BCUT2D eigenvalue weighted by Gasteiger charge is 2.24. The topological polar surface area (TPSA) is 61.4 Å². The molecule has 0 aliphatic carbocycles. The van der Waals surface area contributed by atoms with Gasteiger partial charge in [0.1, 0.15) is 0 Å². The fourth-order valence-electron chi connectivity index (χ4n) is 2.73. The molecular formula is C17H24ClN3O2. The molecule has 0 saturated carbocycles. The van der Waals surface area contributed by atoms with E-state index in [1.54, 1.807) is 24.3 Å². The van der Waals surface area contributed by atoms with Crippen molar-refractivity contribution in [3.05, 3.63) is 34.9 Å². The largest absolute Gasteiger partial charge is 0.352 e. The number of likely N-dealkylation sites (tertiary alicyclic amines) is 1. The average Bonchev–Trinajstić information content (AvgIpc) is 2.52. The number of piperidine rings is 1. The summed E-state index contributed by atoms with van der Waals surface area (Å²) in [5, 5.41) is 6.29. The number of urea groups is 1. The lowest BCUT2D eigenvalue weighted by Gasteiger charge is -2.33. The van der Waals surface area contributed by atoms with E-state index in [2.05, 4.69) is 10.6 Å². The second-order valence-corrected chi connectivity index (χ2v) is 6.66. The van der Waals surface area contributed by atoms with Crippen molar-refractivity contribution in [2.45, 2.75) is 32.7 Å². The third-order valence-electron chi connectivity index (χ3n) is 3.89.